The first-order valence-corrected chi connectivity index (χ1v) is 11.1. The molecule has 2 aromatic rings. The molecule has 0 fully saturated rings. The molecule has 0 atom stereocenters. The lowest BCUT2D eigenvalue weighted by molar-refractivity contribution is -0.118. The van der Waals surface area contributed by atoms with Crippen molar-refractivity contribution in [3.05, 3.63) is 64.5 Å². The molecule has 8 heteroatoms. The third-order valence-corrected chi connectivity index (χ3v) is 6.09. The Bertz CT molecular complexity index is 1080. The van der Waals surface area contributed by atoms with E-state index >= 15 is 0 Å². The smallest absolute Gasteiger partial charge is 0.227 e. The summed E-state index contributed by atoms with van der Waals surface area (Å²) < 4.78 is 41.2. The highest BCUT2D eigenvalue weighted by Crippen LogP contribution is 2.29. The van der Waals surface area contributed by atoms with E-state index in [1.807, 2.05) is 25.1 Å². The maximum absolute atomic E-state index is 14.0. The number of carbonyl (C=O) groups is 1. The molecule has 1 amide bonds. The molecule has 0 aromatic heterocycles. The average molecular weight is 415 g/mol. The van der Waals surface area contributed by atoms with Gasteiger partial charge in [0.15, 0.2) is 0 Å². The zero-order valence-corrected chi connectivity index (χ0v) is 16.9. The first-order chi connectivity index (χ1) is 13.8. The molecule has 2 aromatic carbocycles. The van der Waals surface area contributed by atoms with Crippen molar-refractivity contribution in [2.24, 2.45) is 0 Å². The minimum absolute atomic E-state index is 0.00987. The zero-order chi connectivity index (χ0) is 21.0. The second kappa shape index (κ2) is 8.72. The van der Waals surface area contributed by atoms with Crippen molar-refractivity contribution < 1.29 is 17.6 Å². The Hall–Kier alpha value is -2.76. The SMILES string of the molecule is CCCN1C(=O)CCc2cc(CNS(=O)(=O)Cc3ccc(C#N)cc3F)ccc21. The van der Waals surface area contributed by atoms with Crippen LogP contribution in [0.3, 0.4) is 0 Å². The summed E-state index contributed by atoms with van der Waals surface area (Å²) >= 11 is 0. The van der Waals surface area contributed by atoms with Gasteiger partial charge in [0, 0.05) is 30.8 Å². The number of nitrogens with zero attached hydrogens (tertiary/aromatic N) is 2. The number of benzene rings is 2. The molecule has 0 spiro atoms. The quantitative estimate of drug-likeness (QED) is 0.753. The Morgan fingerprint density at radius 1 is 1.21 bits per heavy atom. The third kappa shape index (κ3) is 5.00. The highest BCUT2D eigenvalue weighted by atomic mass is 32.2. The first kappa shape index (κ1) is 21.0. The Morgan fingerprint density at radius 3 is 2.69 bits per heavy atom. The summed E-state index contributed by atoms with van der Waals surface area (Å²) in [6, 6.07) is 11.1. The standard InChI is InChI=1S/C21H22FN3O3S/c1-2-9-25-20-7-4-16(10-17(20)6-8-21(25)26)13-24-29(27,28)14-18-5-3-15(12-23)11-19(18)22/h3-5,7,10-11,24H,2,6,8-9,13-14H2,1H3. The number of rotatable bonds is 7. The van der Waals surface area contributed by atoms with Crippen LogP contribution in [0.25, 0.3) is 0 Å². The number of hydrogen-bond donors (Lipinski definition) is 1. The van der Waals surface area contributed by atoms with Crippen LogP contribution in [0.2, 0.25) is 0 Å². The number of amides is 1. The van der Waals surface area contributed by atoms with Crippen LogP contribution in [0, 0.1) is 17.1 Å². The van der Waals surface area contributed by atoms with Crippen molar-refractivity contribution in [2.75, 3.05) is 11.4 Å². The van der Waals surface area contributed by atoms with E-state index in [0.29, 0.717) is 19.4 Å². The number of sulfonamides is 1. The van der Waals surface area contributed by atoms with Gasteiger partial charge < -0.3 is 4.90 Å². The molecule has 0 bridgehead atoms. The maximum Gasteiger partial charge on any atom is 0.227 e. The van der Waals surface area contributed by atoms with E-state index in [9.17, 15) is 17.6 Å². The molecular formula is C21H22FN3O3S. The molecule has 0 saturated carbocycles. The summed E-state index contributed by atoms with van der Waals surface area (Å²) in [6.07, 6.45) is 1.93. The molecule has 1 heterocycles. The van der Waals surface area contributed by atoms with Gasteiger partial charge in [-0.3, -0.25) is 4.79 Å². The molecule has 0 radical (unpaired) electrons. The second-order valence-corrected chi connectivity index (χ2v) is 8.81. The number of anilines is 1. The van der Waals surface area contributed by atoms with Crippen LogP contribution in [0.4, 0.5) is 10.1 Å². The van der Waals surface area contributed by atoms with E-state index in [0.717, 1.165) is 29.3 Å². The molecule has 3 rings (SSSR count). The predicted octanol–water partition coefficient (Wildman–Crippen LogP) is 3.01. The summed E-state index contributed by atoms with van der Waals surface area (Å²) in [5.41, 5.74) is 2.83. The Labute approximate surface area is 170 Å². The Morgan fingerprint density at radius 2 is 2.00 bits per heavy atom. The van der Waals surface area contributed by atoms with Crippen LogP contribution in [-0.2, 0) is 33.5 Å². The normalized spacial score (nSPS) is 13.8. The number of hydrogen-bond acceptors (Lipinski definition) is 4. The van der Waals surface area contributed by atoms with Crippen molar-refractivity contribution >= 4 is 21.6 Å². The maximum atomic E-state index is 14.0. The Balaban J connectivity index is 1.69. The monoisotopic (exact) mass is 415 g/mol. The number of aryl methyl sites for hydroxylation is 1. The summed E-state index contributed by atoms with van der Waals surface area (Å²) in [5.74, 6) is -1.12. The summed E-state index contributed by atoms with van der Waals surface area (Å²) in [4.78, 5) is 13.9. The van der Waals surface area contributed by atoms with Crippen LogP contribution in [-0.4, -0.2) is 20.9 Å². The van der Waals surface area contributed by atoms with E-state index in [-0.39, 0.29) is 23.6 Å². The fourth-order valence-corrected chi connectivity index (χ4v) is 4.51. The minimum Gasteiger partial charge on any atom is -0.312 e. The van der Waals surface area contributed by atoms with Gasteiger partial charge in [0.2, 0.25) is 15.9 Å². The highest BCUT2D eigenvalue weighted by molar-refractivity contribution is 7.88. The van der Waals surface area contributed by atoms with Crippen molar-refractivity contribution in [1.29, 1.82) is 5.26 Å². The molecule has 1 N–H and O–H groups in total. The van der Waals surface area contributed by atoms with Gasteiger partial charge in [0.05, 0.1) is 17.4 Å². The summed E-state index contributed by atoms with van der Waals surface area (Å²) in [5, 5.41) is 8.77. The minimum atomic E-state index is -3.76. The fraction of sp³-hybridized carbons (Fsp3) is 0.333. The lowest BCUT2D eigenvalue weighted by Gasteiger charge is -2.29. The van der Waals surface area contributed by atoms with E-state index in [4.69, 9.17) is 5.26 Å². The number of nitriles is 1. The average Bonchev–Trinajstić information content (AvgIpc) is 2.70. The number of fused-ring (bicyclic) bond motifs is 1. The van der Waals surface area contributed by atoms with Crippen molar-refractivity contribution in [3.8, 4) is 6.07 Å². The molecule has 0 unspecified atom stereocenters. The third-order valence-electron chi connectivity index (χ3n) is 4.82. The van der Waals surface area contributed by atoms with Crippen LogP contribution in [0.1, 0.15) is 42.0 Å². The van der Waals surface area contributed by atoms with Crippen LogP contribution >= 0.6 is 0 Å². The Kier molecular flexibility index (Phi) is 6.30. The van der Waals surface area contributed by atoms with Gasteiger partial charge in [-0.15, -0.1) is 0 Å². The largest absolute Gasteiger partial charge is 0.312 e. The van der Waals surface area contributed by atoms with Gasteiger partial charge in [-0.1, -0.05) is 25.1 Å². The van der Waals surface area contributed by atoms with Crippen molar-refractivity contribution in [1.82, 2.24) is 4.72 Å². The lowest BCUT2D eigenvalue weighted by atomic mass is 9.98. The van der Waals surface area contributed by atoms with Gasteiger partial charge in [0.25, 0.3) is 0 Å². The predicted molar refractivity (Wildman–Crippen MR) is 108 cm³/mol. The lowest BCUT2D eigenvalue weighted by Crippen LogP contribution is -2.35. The van der Waals surface area contributed by atoms with Gasteiger partial charge in [-0.25, -0.2) is 17.5 Å². The van der Waals surface area contributed by atoms with Crippen molar-refractivity contribution in [2.45, 2.75) is 38.5 Å². The van der Waals surface area contributed by atoms with Crippen LogP contribution in [0.5, 0.6) is 0 Å². The summed E-state index contributed by atoms with van der Waals surface area (Å²) in [6.45, 7) is 2.75. The van der Waals surface area contributed by atoms with Gasteiger partial charge >= 0.3 is 0 Å². The fourth-order valence-electron chi connectivity index (χ4n) is 3.37. The van der Waals surface area contributed by atoms with Gasteiger partial charge in [0.1, 0.15) is 5.82 Å². The van der Waals surface area contributed by atoms with Crippen LogP contribution in [0.15, 0.2) is 36.4 Å². The second-order valence-electron chi connectivity index (χ2n) is 7.01. The first-order valence-electron chi connectivity index (χ1n) is 9.41. The van der Waals surface area contributed by atoms with E-state index in [1.165, 1.54) is 12.1 Å². The van der Waals surface area contributed by atoms with E-state index in [2.05, 4.69) is 4.72 Å². The van der Waals surface area contributed by atoms with Crippen LogP contribution < -0.4 is 9.62 Å². The molecule has 0 saturated heterocycles. The van der Waals surface area contributed by atoms with Gasteiger partial charge in [-0.2, -0.15) is 5.26 Å². The molecule has 29 heavy (non-hydrogen) atoms. The van der Waals surface area contributed by atoms with E-state index < -0.39 is 21.6 Å². The summed E-state index contributed by atoms with van der Waals surface area (Å²) in [7, 11) is -3.76. The molecule has 0 aliphatic carbocycles. The molecular weight excluding hydrogens is 393 g/mol. The highest BCUT2D eigenvalue weighted by Gasteiger charge is 2.23. The topological polar surface area (TPSA) is 90.3 Å². The molecule has 1 aliphatic heterocycles. The van der Waals surface area contributed by atoms with E-state index in [1.54, 1.807) is 11.0 Å². The molecule has 6 nitrogen and oxygen atoms in total. The number of nitrogens with one attached hydrogen (secondary N) is 1. The number of halogens is 1. The number of carbonyl (C=O) groups excluding carboxylic acids is 1. The van der Waals surface area contributed by atoms with Gasteiger partial charge in [-0.05, 0) is 42.2 Å². The molecule has 1 aliphatic rings. The van der Waals surface area contributed by atoms with Crippen molar-refractivity contribution in [3.63, 3.8) is 0 Å². The molecule has 152 valence electrons. The zero-order valence-electron chi connectivity index (χ0n) is 16.1.